The van der Waals surface area contributed by atoms with Gasteiger partial charge in [0.25, 0.3) is 0 Å². The molecule has 2 unspecified atom stereocenters. The molecule has 0 radical (unpaired) electrons. The smallest absolute Gasteiger partial charge is 0.0266 e. The van der Waals surface area contributed by atoms with Crippen LogP contribution in [-0.4, -0.2) is 12.3 Å². The first-order valence-electron chi connectivity index (χ1n) is 9.14. The molecular weight excluding hydrogens is 326 g/mol. The van der Waals surface area contributed by atoms with E-state index in [1.54, 1.807) is 10.6 Å². The van der Waals surface area contributed by atoms with Gasteiger partial charge in [-0.25, -0.2) is 0 Å². The highest BCUT2D eigenvalue weighted by Crippen LogP contribution is 2.41. The molecule has 2 aromatic rings. The number of hydrogen-bond donors (Lipinski definition) is 0. The van der Waals surface area contributed by atoms with Gasteiger partial charge in [0.2, 0.25) is 0 Å². The molecule has 0 heterocycles. The Labute approximate surface area is 151 Å². The molecule has 0 N–H and O–H groups in total. The van der Waals surface area contributed by atoms with E-state index in [2.05, 4.69) is 64.1 Å². The minimum Gasteiger partial charge on any atom is -0.0901 e. The van der Waals surface area contributed by atoms with Gasteiger partial charge in [-0.1, -0.05) is 75.8 Å². The van der Waals surface area contributed by atoms with Gasteiger partial charge in [-0.3, -0.25) is 0 Å². The van der Waals surface area contributed by atoms with Crippen molar-refractivity contribution < 1.29 is 0 Å². The van der Waals surface area contributed by atoms with Crippen LogP contribution in [0.5, 0.6) is 0 Å². The third-order valence-electron chi connectivity index (χ3n) is 5.16. The zero-order chi connectivity index (χ0) is 17.1. The molecule has 0 aromatic heterocycles. The Balaban J connectivity index is 1.49. The molecule has 1 saturated carbocycles. The van der Waals surface area contributed by atoms with Crippen molar-refractivity contribution in [1.82, 2.24) is 0 Å². The quantitative estimate of drug-likeness (QED) is 0.620. The van der Waals surface area contributed by atoms with Gasteiger partial charge in [0, 0.05) is 0 Å². The van der Waals surface area contributed by atoms with E-state index in [0.29, 0.717) is 0 Å². The molecule has 2 heteroatoms. The topological polar surface area (TPSA) is 0 Å². The molecule has 3 rings (SSSR count). The largest absolute Gasteiger partial charge is 0.0901 e. The van der Waals surface area contributed by atoms with Gasteiger partial charge < -0.3 is 0 Å². The Bertz CT molecular complexity index is 603. The van der Waals surface area contributed by atoms with Crippen molar-refractivity contribution in [3.63, 3.8) is 0 Å². The fourth-order valence-corrected chi connectivity index (χ4v) is 7.22. The van der Waals surface area contributed by atoms with Crippen LogP contribution < -0.4 is 10.6 Å². The van der Waals surface area contributed by atoms with Gasteiger partial charge in [-0.15, -0.1) is 0 Å². The first-order chi connectivity index (χ1) is 11.5. The lowest BCUT2D eigenvalue weighted by Crippen LogP contribution is -2.30. The van der Waals surface area contributed by atoms with Crippen LogP contribution in [0.25, 0.3) is 0 Å². The number of rotatable bonds is 6. The lowest BCUT2D eigenvalue weighted by atomic mass is 9.76. The SMILES string of the molecule is Cc1cc(C)cc(PC[C@@H]2CC[C@H]2CPc2cc(C)cc(C)c2)c1. The molecule has 0 aliphatic heterocycles. The summed E-state index contributed by atoms with van der Waals surface area (Å²) in [4.78, 5) is 0. The molecule has 0 nitrogen and oxygen atoms in total. The van der Waals surface area contributed by atoms with Crippen LogP contribution in [0.3, 0.4) is 0 Å². The van der Waals surface area contributed by atoms with Gasteiger partial charge >= 0.3 is 0 Å². The minimum absolute atomic E-state index is 0.975. The molecule has 0 saturated heterocycles. The third-order valence-corrected chi connectivity index (χ3v) is 8.01. The van der Waals surface area contributed by atoms with E-state index in [-0.39, 0.29) is 0 Å². The summed E-state index contributed by atoms with van der Waals surface area (Å²) in [5.41, 5.74) is 5.66. The zero-order valence-electron chi connectivity index (χ0n) is 15.4. The minimum atomic E-state index is 0.975. The summed E-state index contributed by atoms with van der Waals surface area (Å²) in [5.74, 6) is 1.95. The van der Waals surface area contributed by atoms with Crippen LogP contribution in [0.1, 0.15) is 35.1 Å². The molecule has 1 aliphatic rings. The predicted octanol–water partition coefficient (Wildman–Crippen LogP) is 5.25. The normalized spacial score (nSPS) is 21.0. The number of benzene rings is 2. The Morgan fingerprint density at radius 2 is 0.958 bits per heavy atom. The Morgan fingerprint density at radius 3 is 1.25 bits per heavy atom. The summed E-state index contributed by atoms with van der Waals surface area (Å²) in [6.45, 7) is 8.88. The summed E-state index contributed by atoms with van der Waals surface area (Å²) in [5, 5.41) is 3.13. The van der Waals surface area contributed by atoms with E-state index >= 15 is 0 Å². The fourth-order valence-electron chi connectivity index (χ4n) is 3.83. The molecule has 24 heavy (non-hydrogen) atoms. The van der Waals surface area contributed by atoms with Crippen LogP contribution in [0.4, 0.5) is 0 Å². The second-order valence-corrected chi connectivity index (χ2v) is 10.3. The van der Waals surface area contributed by atoms with E-state index in [1.165, 1.54) is 47.4 Å². The maximum Gasteiger partial charge on any atom is -0.0266 e. The van der Waals surface area contributed by atoms with Crippen molar-refractivity contribution in [2.45, 2.75) is 40.5 Å². The number of aryl methyl sites for hydroxylation is 4. The zero-order valence-corrected chi connectivity index (χ0v) is 17.4. The van der Waals surface area contributed by atoms with Gasteiger partial charge in [-0.2, -0.15) is 0 Å². The molecule has 128 valence electrons. The van der Waals surface area contributed by atoms with Crippen molar-refractivity contribution in [1.29, 1.82) is 0 Å². The highest BCUT2D eigenvalue weighted by atomic mass is 31.1. The first kappa shape index (κ1) is 18.1. The molecule has 1 fully saturated rings. The highest BCUT2D eigenvalue weighted by molar-refractivity contribution is 7.47. The van der Waals surface area contributed by atoms with E-state index in [0.717, 1.165) is 29.0 Å². The summed E-state index contributed by atoms with van der Waals surface area (Å²) >= 11 is 0. The monoisotopic (exact) mass is 356 g/mol. The second-order valence-electron chi connectivity index (χ2n) is 7.61. The standard InChI is InChI=1S/C22H30P2/c1-15-7-16(2)10-21(9-15)23-13-19-5-6-20(19)14-24-22-11-17(3)8-18(4)12-22/h7-12,19-20,23-24H,5-6,13-14H2,1-4H3/t19-,20-/m0/s1. The fraction of sp³-hybridized carbons (Fsp3) is 0.455. The van der Waals surface area contributed by atoms with Gasteiger partial charge in [0.1, 0.15) is 0 Å². The average Bonchev–Trinajstić information content (AvgIpc) is 2.44. The van der Waals surface area contributed by atoms with Crippen LogP contribution in [-0.2, 0) is 0 Å². The Morgan fingerprint density at radius 1 is 0.625 bits per heavy atom. The van der Waals surface area contributed by atoms with Crippen molar-refractivity contribution in [2.24, 2.45) is 11.8 Å². The van der Waals surface area contributed by atoms with E-state index < -0.39 is 0 Å². The van der Waals surface area contributed by atoms with Crippen LogP contribution in [0.15, 0.2) is 36.4 Å². The van der Waals surface area contributed by atoms with Crippen molar-refractivity contribution >= 4 is 27.8 Å². The summed E-state index contributed by atoms with van der Waals surface area (Å²) < 4.78 is 0. The van der Waals surface area contributed by atoms with Gasteiger partial charge in [0.15, 0.2) is 0 Å². The maximum absolute atomic E-state index is 2.39. The van der Waals surface area contributed by atoms with Crippen LogP contribution in [0, 0.1) is 39.5 Å². The second kappa shape index (κ2) is 8.12. The van der Waals surface area contributed by atoms with Crippen LogP contribution >= 0.6 is 17.2 Å². The lowest BCUT2D eigenvalue weighted by Gasteiger charge is -2.37. The molecule has 0 spiro atoms. The van der Waals surface area contributed by atoms with E-state index in [9.17, 15) is 0 Å². The molecule has 4 atom stereocenters. The van der Waals surface area contributed by atoms with Crippen LogP contribution in [0.2, 0.25) is 0 Å². The molecular formula is C22H30P2. The van der Waals surface area contributed by atoms with Gasteiger partial charge in [0.05, 0.1) is 0 Å². The summed E-state index contributed by atoms with van der Waals surface area (Å²) in [6.07, 6.45) is 5.73. The third kappa shape index (κ3) is 4.91. The summed E-state index contributed by atoms with van der Waals surface area (Å²) in [7, 11) is 1.98. The molecule has 2 aromatic carbocycles. The molecule has 0 bridgehead atoms. The van der Waals surface area contributed by atoms with Crippen molar-refractivity contribution in [2.75, 3.05) is 12.3 Å². The van der Waals surface area contributed by atoms with E-state index in [4.69, 9.17) is 0 Å². The number of hydrogen-bond acceptors (Lipinski definition) is 0. The highest BCUT2D eigenvalue weighted by Gasteiger charge is 2.29. The first-order valence-corrected chi connectivity index (χ1v) is 11.6. The Kier molecular flexibility index (Phi) is 6.12. The maximum atomic E-state index is 2.39. The van der Waals surface area contributed by atoms with Crippen molar-refractivity contribution in [3.05, 3.63) is 58.7 Å². The van der Waals surface area contributed by atoms with Gasteiger partial charge in [-0.05, 0) is 75.3 Å². The summed E-state index contributed by atoms with van der Waals surface area (Å²) in [6, 6.07) is 14.1. The lowest BCUT2D eigenvalue weighted by molar-refractivity contribution is 0.228. The van der Waals surface area contributed by atoms with E-state index in [1.807, 2.05) is 0 Å². The Hall–Kier alpha value is -0.700. The average molecular weight is 356 g/mol. The van der Waals surface area contributed by atoms with Crippen molar-refractivity contribution in [3.8, 4) is 0 Å². The predicted molar refractivity (Wildman–Crippen MR) is 114 cm³/mol. The molecule has 1 aliphatic carbocycles. The molecule has 0 amide bonds.